The van der Waals surface area contributed by atoms with Gasteiger partial charge in [-0.3, -0.25) is 0 Å². The first kappa shape index (κ1) is 39.3. The SMILES string of the molecule is CCCCC(CC)C[O][Ti]([N](C)C)([N](C)C)[N](C)C.CCCCCC[O][Ti]([N](C)C)([N](C)C)[N](C)C. The van der Waals surface area contributed by atoms with Crippen molar-refractivity contribution in [1.82, 2.24) is 20.3 Å². The molecule has 1 unspecified atom stereocenters. The third-order valence-electron chi connectivity index (χ3n) is 6.85. The van der Waals surface area contributed by atoms with E-state index in [1.807, 2.05) is 0 Å². The Morgan fingerprint density at radius 3 is 1.22 bits per heavy atom. The predicted octanol–water partition coefficient (Wildman–Crippen LogP) is 4.80. The van der Waals surface area contributed by atoms with Crippen LogP contribution in [-0.2, 0) is 42.1 Å². The second-order valence-corrected chi connectivity index (χ2v) is 24.0. The van der Waals surface area contributed by atoms with Gasteiger partial charge in [-0.1, -0.05) is 0 Å². The molecule has 0 N–H and O–H groups in total. The summed E-state index contributed by atoms with van der Waals surface area (Å²) in [5.74, 6) is 0.699. The minimum atomic E-state index is -2.73. The van der Waals surface area contributed by atoms with Gasteiger partial charge in [0.15, 0.2) is 0 Å². The standard InChI is InChI=1S/C8H17O.C6H13O.6C2H6N.2Ti/c1-3-5-6-8(4-2)7-9;1-2-3-4-5-6-7;6*1-3-2;;/h8H,3-7H2,1-2H3;2-6H2,1H3;6*1-2H3;;/q8*-1;2*+4. The predicted molar refractivity (Wildman–Crippen MR) is 151 cm³/mol. The monoisotopic (exact) mass is 590 g/mol. The topological polar surface area (TPSA) is 37.9 Å². The van der Waals surface area contributed by atoms with Crippen molar-refractivity contribution in [1.29, 1.82) is 0 Å². The van der Waals surface area contributed by atoms with Crippen molar-refractivity contribution in [3.05, 3.63) is 0 Å². The number of hydrogen-bond donors (Lipinski definition) is 0. The molecular formula is C26H66N6O2Ti2. The molecule has 0 aromatic rings. The summed E-state index contributed by atoms with van der Waals surface area (Å²) in [5.41, 5.74) is 0. The van der Waals surface area contributed by atoms with Gasteiger partial charge in [-0.2, -0.15) is 0 Å². The molecule has 0 saturated heterocycles. The fourth-order valence-corrected chi connectivity index (χ4v) is 16.3. The van der Waals surface area contributed by atoms with E-state index in [4.69, 9.17) is 6.64 Å². The summed E-state index contributed by atoms with van der Waals surface area (Å²) >= 11 is -5.39. The van der Waals surface area contributed by atoms with Crippen LogP contribution in [0.4, 0.5) is 0 Å². The molecule has 10 heteroatoms. The van der Waals surface area contributed by atoms with Crippen LogP contribution in [-0.4, -0.2) is 118 Å². The molecule has 8 nitrogen and oxygen atoms in total. The van der Waals surface area contributed by atoms with Crippen molar-refractivity contribution in [2.24, 2.45) is 5.92 Å². The summed E-state index contributed by atoms with van der Waals surface area (Å²) in [6.45, 7) is 8.55. The summed E-state index contributed by atoms with van der Waals surface area (Å²) in [7, 11) is 25.7. The molecule has 0 heterocycles. The van der Waals surface area contributed by atoms with Gasteiger partial charge in [0.05, 0.1) is 0 Å². The van der Waals surface area contributed by atoms with Crippen LogP contribution in [0.2, 0.25) is 0 Å². The van der Waals surface area contributed by atoms with Gasteiger partial charge in [-0.25, -0.2) is 0 Å². The first-order chi connectivity index (χ1) is 16.7. The number of nitrogens with zero attached hydrogens (tertiary/aromatic N) is 6. The third kappa shape index (κ3) is 12.5. The molecule has 0 fully saturated rings. The van der Waals surface area contributed by atoms with Crippen LogP contribution >= 0.6 is 0 Å². The van der Waals surface area contributed by atoms with E-state index in [1.54, 1.807) is 0 Å². The molecule has 0 aromatic carbocycles. The van der Waals surface area contributed by atoms with Crippen LogP contribution in [0, 0.1) is 5.92 Å². The van der Waals surface area contributed by atoms with Gasteiger partial charge in [0.1, 0.15) is 0 Å². The molecule has 0 radical (unpaired) electrons. The van der Waals surface area contributed by atoms with Gasteiger partial charge >= 0.3 is 238 Å². The van der Waals surface area contributed by atoms with Gasteiger partial charge in [-0.15, -0.1) is 0 Å². The summed E-state index contributed by atoms with van der Waals surface area (Å²) in [4.78, 5) is 0. The Bertz CT molecular complexity index is 479. The molecule has 0 amide bonds. The average Bonchev–Trinajstić information content (AvgIpc) is 2.77. The van der Waals surface area contributed by atoms with E-state index in [2.05, 4.69) is 126 Å². The van der Waals surface area contributed by atoms with Crippen molar-refractivity contribution < 1.29 is 42.1 Å². The first-order valence-corrected chi connectivity index (χ1v) is 19.5. The minimum absolute atomic E-state index is 0.699. The fraction of sp³-hybridized carbons (Fsp3) is 1.00. The van der Waals surface area contributed by atoms with Crippen molar-refractivity contribution in [3.63, 3.8) is 0 Å². The zero-order valence-electron chi connectivity index (χ0n) is 27.1. The molecule has 1 atom stereocenters. The van der Waals surface area contributed by atoms with Gasteiger partial charge < -0.3 is 0 Å². The van der Waals surface area contributed by atoms with E-state index in [0.29, 0.717) is 5.92 Å². The molecule has 36 heavy (non-hydrogen) atoms. The first-order valence-electron chi connectivity index (χ1n) is 14.0. The molecule has 0 rings (SSSR count). The zero-order valence-corrected chi connectivity index (χ0v) is 30.3. The van der Waals surface area contributed by atoms with Gasteiger partial charge in [0.25, 0.3) is 0 Å². The Balaban J connectivity index is 0. The van der Waals surface area contributed by atoms with Crippen LogP contribution in [0.3, 0.4) is 0 Å². The van der Waals surface area contributed by atoms with Crippen molar-refractivity contribution in [2.45, 2.75) is 72.1 Å². The molecule has 0 bridgehead atoms. The van der Waals surface area contributed by atoms with Crippen molar-refractivity contribution in [2.75, 3.05) is 97.8 Å². The summed E-state index contributed by atoms with van der Waals surface area (Å²) in [6, 6.07) is 0. The van der Waals surface area contributed by atoms with E-state index >= 15 is 0 Å². The molecule has 220 valence electrons. The maximum atomic E-state index is 6.53. The maximum absolute atomic E-state index is 6.53. The van der Waals surface area contributed by atoms with Crippen LogP contribution in [0.5, 0.6) is 0 Å². The Morgan fingerprint density at radius 2 is 0.889 bits per heavy atom. The zero-order chi connectivity index (χ0) is 28.5. The molecule has 0 aliphatic heterocycles. The van der Waals surface area contributed by atoms with Gasteiger partial charge in [0, 0.05) is 0 Å². The Kier molecular flexibility index (Phi) is 22.8. The van der Waals surface area contributed by atoms with Crippen LogP contribution in [0.1, 0.15) is 72.1 Å². The van der Waals surface area contributed by atoms with E-state index in [0.717, 1.165) is 13.2 Å². The molecule has 0 aliphatic carbocycles. The molecule has 0 spiro atoms. The third-order valence-corrected chi connectivity index (χ3v) is 19.6. The van der Waals surface area contributed by atoms with Crippen LogP contribution < -0.4 is 0 Å². The number of hydrogen-bond acceptors (Lipinski definition) is 8. The molecular weight excluding hydrogens is 524 g/mol. The van der Waals surface area contributed by atoms with Gasteiger partial charge in [0.2, 0.25) is 0 Å². The van der Waals surface area contributed by atoms with Crippen molar-refractivity contribution in [3.8, 4) is 0 Å². The van der Waals surface area contributed by atoms with E-state index in [-0.39, 0.29) is 0 Å². The Hall–Kier alpha value is 1.11. The normalized spacial score (nSPS) is 13.9. The summed E-state index contributed by atoms with van der Waals surface area (Å²) in [6.07, 6.45) is 10.1. The Morgan fingerprint density at radius 1 is 0.500 bits per heavy atom. The van der Waals surface area contributed by atoms with Crippen molar-refractivity contribution >= 4 is 0 Å². The van der Waals surface area contributed by atoms with E-state index in [9.17, 15) is 0 Å². The number of unbranched alkanes of at least 4 members (excludes halogenated alkanes) is 4. The van der Waals surface area contributed by atoms with Gasteiger partial charge in [-0.05, 0) is 0 Å². The van der Waals surface area contributed by atoms with Crippen LogP contribution in [0.25, 0.3) is 0 Å². The number of rotatable bonds is 19. The fourth-order valence-electron chi connectivity index (χ4n) is 5.04. The molecule has 0 aromatic heterocycles. The average molecular weight is 591 g/mol. The molecule has 0 aliphatic rings. The van der Waals surface area contributed by atoms with Crippen LogP contribution in [0.15, 0.2) is 0 Å². The van der Waals surface area contributed by atoms with E-state index in [1.165, 1.54) is 51.4 Å². The second kappa shape index (κ2) is 20.9. The quantitative estimate of drug-likeness (QED) is 0.157. The van der Waals surface area contributed by atoms with E-state index < -0.39 is 35.5 Å². The second-order valence-electron chi connectivity index (χ2n) is 11.2. The molecule has 0 saturated carbocycles. The Labute approximate surface area is 237 Å². The summed E-state index contributed by atoms with van der Waals surface area (Å²) < 4.78 is 26.7. The summed E-state index contributed by atoms with van der Waals surface area (Å²) in [5, 5.41) is 0.